The fourth-order valence-corrected chi connectivity index (χ4v) is 3.33. The molecule has 0 saturated carbocycles. The van der Waals surface area contributed by atoms with Crippen molar-refractivity contribution in [3.05, 3.63) is 51.5 Å². The summed E-state index contributed by atoms with van der Waals surface area (Å²) in [6, 6.07) is -0.992. The molecule has 3 aromatic rings. The smallest absolute Gasteiger partial charge is 0.162 e. The van der Waals surface area contributed by atoms with Crippen molar-refractivity contribution in [2.75, 3.05) is 18.3 Å². The molecule has 1 fully saturated rings. The van der Waals surface area contributed by atoms with Crippen LogP contribution in [0.15, 0.2) is 30.5 Å². The number of hydrogen-bond acceptors (Lipinski definition) is 6. The van der Waals surface area contributed by atoms with Crippen LogP contribution in [0.3, 0.4) is 0 Å². The summed E-state index contributed by atoms with van der Waals surface area (Å²) in [6.07, 6.45) is -2.50. The Kier molecular flexibility index (Phi) is 2.57. The highest BCUT2D eigenvalue weighted by Gasteiger charge is 2.20. The van der Waals surface area contributed by atoms with E-state index in [1.54, 1.807) is 6.07 Å². The number of hydrogen-bond donors (Lipinski definition) is 1. The monoisotopic (exact) mass is 409 g/mol. The second-order valence-corrected chi connectivity index (χ2v) is 7.18. The van der Waals surface area contributed by atoms with E-state index >= 15 is 0 Å². The largest absolute Gasteiger partial charge is 0.367 e. The molecule has 4 rings (SSSR count). The summed E-state index contributed by atoms with van der Waals surface area (Å²) in [5, 5.41) is 9.76. The number of piperidine rings is 1. The lowest BCUT2D eigenvalue weighted by Gasteiger charge is -2.32. The van der Waals surface area contributed by atoms with Crippen LogP contribution < -0.4 is 5.31 Å². The summed E-state index contributed by atoms with van der Waals surface area (Å²) in [6.45, 7) is -7.62. The van der Waals surface area contributed by atoms with Crippen molar-refractivity contribution >= 4 is 39.0 Å². The molecule has 1 aliphatic rings. The molecule has 138 valence electrons. The SMILES string of the molecule is [2H]c1nc(N([2H])C2([2H])CC([2H])([2H])N(C([2H])([2H])c3c([2H])cc(C)c(C#N)c3[2H])C([2H])([2H])C2)c2c([2H])c(Cl)sc2n1. The number of benzene rings is 1. The Morgan fingerprint density at radius 3 is 3.15 bits per heavy atom. The van der Waals surface area contributed by atoms with Crippen LogP contribution in [-0.2, 0) is 6.50 Å². The van der Waals surface area contributed by atoms with Gasteiger partial charge in [0.15, 0.2) is 1.41 Å². The predicted octanol–water partition coefficient (Wildman–Crippen LogP) is 4.60. The molecule has 0 aliphatic carbocycles. The van der Waals surface area contributed by atoms with E-state index in [0.717, 1.165) is 17.4 Å². The van der Waals surface area contributed by atoms with E-state index in [4.69, 9.17) is 28.1 Å². The third-order valence-electron chi connectivity index (χ3n) is 3.71. The van der Waals surface area contributed by atoms with Gasteiger partial charge in [0.1, 0.15) is 18.3 Å². The molecule has 0 amide bonds. The number of aryl methyl sites for hydroxylation is 1. The van der Waals surface area contributed by atoms with Crippen molar-refractivity contribution in [2.24, 2.45) is 0 Å². The standard InChI is InChI=1S/C20H20ClN5S/c1-13-2-3-14(8-15(13)10-22)11-26-6-4-16(5-7-26)25-19-17-9-18(21)27-20(17)24-12-23-19/h2-3,8-9,12,16H,4-7,11H2,1H3,(H,23,24,25)/i3D,6D2,7D2,8D,9D,11D2,12D,16D/hD. The number of likely N-dealkylation sites (tertiary alicyclic amines) is 1. The van der Waals surface area contributed by atoms with E-state index in [1.165, 1.54) is 6.92 Å². The summed E-state index contributed by atoms with van der Waals surface area (Å²) in [7, 11) is 0. The van der Waals surface area contributed by atoms with Gasteiger partial charge in [-0.05, 0) is 43.0 Å². The zero-order chi connectivity index (χ0) is 29.5. The molecule has 0 radical (unpaired) electrons. The molecule has 5 nitrogen and oxygen atoms in total. The summed E-state index contributed by atoms with van der Waals surface area (Å²) >= 11 is 6.88. The van der Waals surface area contributed by atoms with Crippen LogP contribution in [0.4, 0.5) is 5.82 Å². The molecular formula is C20H20ClN5S. The number of fused-ring (bicyclic) bond motifs is 1. The lowest BCUT2D eigenvalue weighted by Crippen LogP contribution is -2.38. The Balaban J connectivity index is 1.84. The number of anilines is 1. The first-order valence-corrected chi connectivity index (χ1v) is 9.02. The van der Waals surface area contributed by atoms with E-state index < -0.39 is 68.1 Å². The van der Waals surface area contributed by atoms with Crippen LogP contribution in [0.1, 0.15) is 44.6 Å². The average Bonchev–Trinajstić information content (AvgIpc) is 3.02. The van der Waals surface area contributed by atoms with Gasteiger partial charge in [0.25, 0.3) is 0 Å². The topological polar surface area (TPSA) is 64.8 Å². The van der Waals surface area contributed by atoms with Gasteiger partial charge in [-0.2, -0.15) is 5.26 Å². The number of thiophene rings is 1. The highest BCUT2D eigenvalue weighted by Crippen LogP contribution is 2.32. The van der Waals surface area contributed by atoms with Gasteiger partial charge in [0.2, 0.25) is 0 Å². The third kappa shape index (κ3) is 4.06. The van der Waals surface area contributed by atoms with Crippen LogP contribution >= 0.6 is 22.9 Å². The summed E-state index contributed by atoms with van der Waals surface area (Å²) in [4.78, 5) is 8.00. The molecule has 0 bridgehead atoms. The molecule has 2 aromatic heterocycles. The molecule has 3 heterocycles. The fraction of sp³-hybridized carbons (Fsp3) is 0.350. The Morgan fingerprint density at radius 2 is 2.37 bits per heavy atom. The first-order chi connectivity index (χ1) is 17.8. The highest BCUT2D eigenvalue weighted by atomic mass is 35.5. The summed E-state index contributed by atoms with van der Waals surface area (Å²) < 4.78 is 102. The van der Waals surface area contributed by atoms with Crippen LogP contribution in [-0.4, -0.2) is 33.9 Å². The zero-order valence-electron chi connectivity index (χ0n) is 26.0. The molecule has 0 unspecified atom stereocenters. The van der Waals surface area contributed by atoms with Crippen LogP contribution in [0.2, 0.25) is 5.75 Å². The van der Waals surface area contributed by atoms with Crippen molar-refractivity contribution in [1.82, 2.24) is 14.9 Å². The first-order valence-electron chi connectivity index (χ1n) is 13.8. The molecule has 1 N–H and O–H groups in total. The van der Waals surface area contributed by atoms with Gasteiger partial charge in [0.05, 0.1) is 26.8 Å². The van der Waals surface area contributed by atoms with E-state index in [-0.39, 0.29) is 36.6 Å². The first kappa shape index (κ1) is 8.87. The Morgan fingerprint density at radius 1 is 1.56 bits per heavy atom. The Bertz CT molecular complexity index is 1520. The van der Waals surface area contributed by atoms with Crippen molar-refractivity contribution in [1.29, 1.82) is 5.26 Å². The van der Waals surface area contributed by atoms with Crippen LogP contribution in [0.25, 0.3) is 10.2 Å². The van der Waals surface area contributed by atoms with Gasteiger partial charge in [-0.1, -0.05) is 23.7 Å². The minimum absolute atomic E-state index is 0.0144. The molecule has 1 aromatic carbocycles. The summed E-state index contributed by atoms with van der Waals surface area (Å²) in [5.41, 5.74) is -0.713. The van der Waals surface area contributed by atoms with Gasteiger partial charge in [0, 0.05) is 33.7 Å². The fourth-order valence-electron chi connectivity index (χ4n) is 2.37. The normalized spacial score (nSPS) is 27.6. The maximum atomic E-state index is 9.44. The predicted molar refractivity (Wildman–Crippen MR) is 110 cm³/mol. The quantitative estimate of drug-likeness (QED) is 0.682. The minimum atomic E-state index is -3.12. The molecule has 0 atom stereocenters. The number of halogens is 1. The number of aromatic nitrogens is 2. The van der Waals surface area contributed by atoms with Crippen molar-refractivity contribution in [2.45, 2.75) is 32.3 Å². The van der Waals surface area contributed by atoms with Crippen LogP contribution in [0, 0.1) is 18.3 Å². The number of nitrogens with one attached hydrogen (secondary N) is 1. The molecule has 0 spiro atoms. The maximum Gasteiger partial charge on any atom is 0.162 e. The number of rotatable bonds is 4. The highest BCUT2D eigenvalue weighted by molar-refractivity contribution is 7.22. The van der Waals surface area contributed by atoms with Crippen molar-refractivity contribution < 1.29 is 16.5 Å². The molecule has 1 aliphatic heterocycles. The molecule has 7 heteroatoms. The zero-order valence-corrected chi connectivity index (χ0v) is 15.6. The van der Waals surface area contributed by atoms with Gasteiger partial charge in [-0.25, -0.2) is 9.97 Å². The molecular weight excluding hydrogens is 378 g/mol. The maximum absolute atomic E-state index is 9.44. The second-order valence-electron chi connectivity index (χ2n) is 5.58. The van der Waals surface area contributed by atoms with E-state index in [1.807, 2.05) is 0 Å². The van der Waals surface area contributed by atoms with E-state index in [0.29, 0.717) is 5.31 Å². The molecule has 1 saturated heterocycles. The van der Waals surface area contributed by atoms with Crippen molar-refractivity contribution in [3.8, 4) is 6.07 Å². The van der Waals surface area contributed by atoms with E-state index in [9.17, 15) is 5.26 Å². The van der Waals surface area contributed by atoms with Gasteiger partial charge < -0.3 is 5.31 Å². The molecule has 27 heavy (non-hydrogen) atoms. The second kappa shape index (κ2) is 7.81. The Labute approximate surface area is 184 Å². The third-order valence-corrected chi connectivity index (χ3v) is 4.81. The average molecular weight is 410 g/mol. The number of nitrogens with zero attached hydrogens (tertiary/aromatic N) is 4. The lowest BCUT2D eigenvalue weighted by molar-refractivity contribution is 0.211. The number of nitriles is 1. The lowest BCUT2D eigenvalue weighted by atomic mass is 10.0. The minimum Gasteiger partial charge on any atom is -0.367 e. The van der Waals surface area contributed by atoms with E-state index in [2.05, 4.69) is 9.97 Å². The van der Waals surface area contributed by atoms with Gasteiger partial charge in [-0.15, -0.1) is 11.3 Å². The Hall–Kier alpha value is -2.20. The van der Waals surface area contributed by atoms with Gasteiger partial charge >= 0.3 is 0 Å². The van der Waals surface area contributed by atoms with Crippen molar-refractivity contribution in [3.63, 3.8) is 0 Å². The summed E-state index contributed by atoms with van der Waals surface area (Å²) in [5.74, 6) is -0.421. The van der Waals surface area contributed by atoms with Gasteiger partial charge in [-0.3, -0.25) is 4.90 Å². The van der Waals surface area contributed by atoms with Crippen LogP contribution in [0.5, 0.6) is 0 Å².